The fourth-order valence-corrected chi connectivity index (χ4v) is 3.95. The molecule has 1 aliphatic rings. The summed E-state index contributed by atoms with van der Waals surface area (Å²) in [5, 5.41) is 6.91. The first-order chi connectivity index (χ1) is 12.4. The van der Waals surface area contributed by atoms with Crippen molar-refractivity contribution in [1.82, 2.24) is 15.5 Å². The van der Waals surface area contributed by atoms with Gasteiger partial charge in [0, 0.05) is 42.6 Å². The van der Waals surface area contributed by atoms with Crippen molar-refractivity contribution in [2.45, 2.75) is 38.1 Å². The number of benzene rings is 1. The van der Waals surface area contributed by atoms with Crippen LogP contribution in [0.2, 0.25) is 0 Å². The topological polar surface area (TPSA) is 66.0 Å². The van der Waals surface area contributed by atoms with Crippen molar-refractivity contribution in [3.63, 3.8) is 0 Å². The lowest BCUT2D eigenvalue weighted by molar-refractivity contribution is 0.111. The summed E-state index contributed by atoms with van der Waals surface area (Å²) in [6.45, 7) is 6.58. The second-order valence-corrected chi connectivity index (χ2v) is 8.02. The van der Waals surface area contributed by atoms with Crippen molar-refractivity contribution in [3.8, 4) is 0 Å². The van der Waals surface area contributed by atoms with Crippen LogP contribution in [0, 0.1) is 0 Å². The van der Waals surface area contributed by atoms with Crippen molar-refractivity contribution in [2.24, 2.45) is 4.99 Å². The predicted molar refractivity (Wildman–Crippen MR) is 109 cm³/mol. The van der Waals surface area contributed by atoms with Gasteiger partial charge in [-0.25, -0.2) is 4.79 Å². The van der Waals surface area contributed by atoms with E-state index in [0.29, 0.717) is 19.1 Å². The molecule has 0 radical (unpaired) electrons. The largest absolute Gasteiger partial charge is 0.453 e. The number of carbonyl (C=O) groups excluding carboxylic acids is 1. The molecule has 1 aliphatic heterocycles. The fraction of sp³-hybridized carbons (Fsp3) is 0.579. The first-order valence-electron chi connectivity index (χ1n) is 8.92. The molecule has 7 heteroatoms. The van der Waals surface area contributed by atoms with E-state index >= 15 is 0 Å². The number of methoxy groups -OCH3 is 1. The van der Waals surface area contributed by atoms with E-state index < -0.39 is 0 Å². The minimum atomic E-state index is -0.249. The van der Waals surface area contributed by atoms with E-state index in [1.165, 1.54) is 12.7 Å². The number of rotatable bonds is 4. The number of nitrogens with zero attached hydrogens (tertiary/aromatic N) is 2. The van der Waals surface area contributed by atoms with Gasteiger partial charge < -0.3 is 20.3 Å². The Hall–Kier alpha value is -1.76. The molecule has 1 aromatic carbocycles. The molecular formula is C19H29BrN4O2. The number of nitrogens with one attached hydrogen (secondary N) is 2. The number of hydrogen-bond acceptors (Lipinski definition) is 3. The van der Waals surface area contributed by atoms with Crippen LogP contribution in [0.5, 0.6) is 0 Å². The molecule has 0 bridgehead atoms. The molecule has 0 saturated carbocycles. The number of ether oxygens (including phenoxy) is 1. The Morgan fingerprint density at radius 2 is 2.00 bits per heavy atom. The van der Waals surface area contributed by atoms with Crippen LogP contribution in [0.25, 0.3) is 0 Å². The quantitative estimate of drug-likeness (QED) is 0.575. The average Bonchev–Trinajstić information content (AvgIpc) is 2.65. The van der Waals surface area contributed by atoms with Gasteiger partial charge in [-0.3, -0.25) is 4.99 Å². The zero-order valence-electron chi connectivity index (χ0n) is 16.0. The van der Waals surface area contributed by atoms with Crippen molar-refractivity contribution in [2.75, 3.05) is 33.8 Å². The molecule has 1 saturated heterocycles. The zero-order chi connectivity index (χ0) is 19.2. The molecule has 1 amide bonds. The highest BCUT2D eigenvalue weighted by molar-refractivity contribution is 9.10. The zero-order valence-corrected chi connectivity index (χ0v) is 17.6. The smallest absolute Gasteiger partial charge is 0.409 e. The van der Waals surface area contributed by atoms with E-state index in [4.69, 9.17) is 4.74 Å². The molecule has 0 aliphatic carbocycles. The number of halogens is 1. The van der Waals surface area contributed by atoms with Gasteiger partial charge in [0.15, 0.2) is 5.96 Å². The van der Waals surface area contributed by atoms with Crippen LogP contribution >= 0.6 is 15.9 Å². The van der Waals surface area contributed by atoms with Crippen LogP contribution < -0.4 is 10.6 Å². The first-order valence-corrected chi connectivity index (χ1v) is 9.71. The highest BCUT2D eigenvalue weighted by atomic mass is 79.9. The number of likely N-dealkylation sites (tertiary alicyclic amines) is 1. The fourth-order valence-electron chi connectivity index (χ4n) is 3.13. The summed E-state index contributed by atoms with van der Waals surface area (Å²) in [6, 6.07) is 8.60. The van der Waals surface area contributed by atoms with Gasteiger partial charge in [0.05, 0.1) is 7.11 Å². The van der Waals surface area contributed by atoms with E-state index in [0.717, 1.165) is 29.8 Å². The molecular weight excluding hydrogens is 396 g/mol. The minimum absolute atomic E-state index is 0.0496. The third-order valence-corrected chi connectivity index (χ3v) is 5.48. The lowest BCUT2D eigenvalue weighted by atomic mass is 9.84. The van der Waals surface area contributed by atoms with Crippen LogP contribution in [0.4, 0.5) is 4.79 Å². The van der Waals surface area contributed by atoms with Crippen molar-refractivity contribution in [3.05, 3.63) is 34.3 Å². The molecule has 1 aromatic rings. The predicted octanol–water partition coefficient (Wildman–Crippen LogP) is 3.12. The molecule has 26 heavy (non-hydrogen) atoms. The van der Waals surface area contributed by atoms with Gasteiger partial charge in [0.25, 0.3) is 0 Å². The van der Waals surface area contributed by atoms with E-state index in [9.17, 15) is 4.79 Å². The van der Waals surface area contributed by atoms with Gasteiger partial charge in [-0.15, -0.1) is 0 Å². The van der Waals surface area contributed by atoms with E-state index in [-0.39, 0.29) is 11.5 Å². The van der Waals surface area contributed by atoms with Gasteiger partial charge in [-0.1, -0.05) is 48.0 Å². The van der Waals surface area contributed by atoms with Crippen molar-refractivity contribution >= 4 is 28.0 Å². The molecule has 0 aromatic heterocycles. The summed E-state index contributed by atoms with van der Waals surface area (Å²) in [5.41, 5.74) is 1.21. The van der Waals surface area contributed by atoms with Crippen LogP contribution in [-0.4, -0.2) is 56.8 Å². The van der Waals surface area contributed by atoms with Gasteiger partial charge in [0.1, 0.15) is 0 Å². The van der Waals surface area contributed by atoms with Crippen LogP contribution in [0.15, 0.2) is 33.7 Å². The maximum absolute atomic E-state index is 11.6. The number of hydrogen-bond donors (Lipinski definition) is 2. The Kier molecular flexibility index (Phi) is 7.32. The molecule has 2 N–H and O–H groups in total. The Labute approximate surface area is 164 Å². The SMILES string of the molecule is CN=C(NCC(C)(C)c1ccccc1Br)NC1CCN(C(=O)OC)CC1. The number of aliphatic imine (C=N–C) groups is 1. The molecule has 144 valence electrons. The maximum Gasteiger partial charge on any atom is 0.409 e. The normalized spacial score (nSPS) is 16.3. The number of piperidine rings is 1. The monoisotopic (exact) mass is 424 g/mol. The molecule has 1 heterocycles. The van der Waals surface area contributed by atoms with Gasteiger partial charge >= 0.3 is 6.09 Å². The third-order valence-electron chi connectivity index (χ3n) is 4.79. The summed E-state index contributed by atoms with van der Waals surface area (Å²) in [7, 11) is 3.20. The highest BCUT2D eigenvalue weighted by Gasteiger charge is 2.26. The van der Waals surface area contributed by atoms with Gasteiger partial charge in [0.2, 0.25) is 0 Å². The molecule has 0 unspecified atom stereocenters. The van der Waals surface area contributed by atoms with E-state index in [1.54, 1.807) is 11.9 Å². The minimum Gasteiger partial charge on any atom is -0.453 e. The highest BCUT2D eigenvalue weighted by Crippen LogP contribution is 2.29. The molecule has 0 atom stereocenters. The van der Waals surface area contributed by atoms with E-state index in [2.05, 4.69) is 63.6 Å². The number of carbonyl (C=O) groups is 1. The number of guanidine groups is 1. The molecule has 2 rings (SSSR count). The summed E-state index contributed by atoms with van der Waals surface area (Å²) in [4.78, 5) is 17.7. The average molecular weight is 425 g/mol. The molecule has 1 fully saturated rings. The second kappa shape index (κ2) is 9.26. The third kappa shape index (κ3) is 5.37. The summed E-state index contributed by atoms with van der Waals surface area (Å²) < 4.78 is 5.90. The molecule has 0 spiro atoms. The van der Waals surface area contributed by atoms with E-state index in [1.807, 2.05) is 6.07 Å². The lowest BCUT2D eigenvalue weighted by Crippen LogP contribution is -2.51. The Balaban J connectivity index is 1.87. The van der Waals surface area contributed by atoms with Gasteiger partial charge in [-0.05, 0) is 24.5 Å². The van der Waals surface area contributed by atoms with Crippen molar-refractivity contribution in [1.29, 1.82) is 0 Å². The van der Waals surface area contributed by atoms with Crippen LogP contribution in [0.3, 0.4) is 0 Å². The second-order valence-electron chi connectivity index (χ2n) is 7.17. The molecule has 6 nitrogen and oxygen atoms in total. The Morgan fingerprint density at radius 1 is 1.35 bits per heavy atom. The Morgan fingerprint density at radius 3 is 2.58 bits per heavy atom. The van der Waals surface area contributed by atoms with Gasteiger partial charge in [-0.2, -0.15) is 0 Å². The summed E-state index contributed by atoms with van der Waals surface area (Å²) >= 11 is 3.64. The van der Waals surface area contributed by atoms with Crippen LogP contribution in [-0.2, 0) is 10.2 Å². The lowest BCUT2D eigenvalue weighted by Gasteiger charge is -2.33. The summed E-state index contributed by atoms with van der Waals surface area (Å²) in [5.74, 6) is 0.793. The van der Waals surface area contributed by atoms with Crippen LogP contribution in [0.1, 0.15) is 32.3 Å². The first kappa shape index (κ1) is 20.6. The summed E-state index contributed by atoms with van der Waals surface area (Å²) in [6.07, 6.45) is 1.51. The van der Waals surface area contributed by atoms with Crippen molar-refractivity contribution < 1.29 is 9.53 Å². The Bertz CT molecular complexity index is 640. The number of amides is 1. The maximum atomic E-state index is 11.6. The standard InChI is InChI=1S/C19H29BrN4O2/c1-19(2,15-7-5-6-8-16(15)20)13-22-17(21-3)23-14-9-11-24(12-10-14)18(25)26-4/h5-8,14H,9-13H2,1-4H3,(H2,21,22,23).